The first-order valence-corrected chi connectivity index (χ1v) is 5.76. The van der Waals surface area contributed by atoms with E-state index >= 15 is 0 Å². The van der Waals surface area contributed by atoms with Crippen molar-refractivity contribution in [1.29, 1.82) is 0 Å². The average Bonchev–Trinajstić information content (AvgIpc) is 2.35. The molecule has 0 spiro atoms. The van der Waals surface area contributed by atoms with Crippen molar-refractivity contribution >= 4 is 0 Å². The number of para-hydroxylation sites is 1. The monoisotopic (exact) mass is 233 g/mol. The van der Waals surface area contributed by atoms with Crippen LogP contribution in [0.5, 0.6) is 11.5 Å². The molecule has 92 valence electrons. The molecule has 3 nitrogen and oxygen atoms in total. The molecule has 0 bridgehead atoms. The number of benzene rings is 1. The second kappa shape index (κ2) is 7.59. The van der Waals surface area contributed by atoms with Gasteiger partial charge in [0.15, 0.2) is 11.5 Å². The minimum atomic E-state index is 0.629. The maximum Gasteiger partial charge on any atom is 0.165 e. The van der Waals surface area contributed by atoms with E-state index in [-0.39, 0.29) is 0 Å². The molecule has 0 amide bonds. The van der Waals surface area contributed by atoms with Gasteiger partial charge >= 0.3 is 0 Å². The highest BCUT2D eigenvalue weighted by molar-refractivity contribution is 5.46. The summed E-state index contributed by atoms with van der Waals surface area (Å²) in [6, 6.07) is 5.89. The molecule has 0 saturated carbocycles. The first-order chi connectivity index (χ1) is 8.33. The van der Waals surface area contributed by atoms with Crippen molar-refractivity contribution < 1.29 is 9.47 Å². The third-order valence-electron chi connectivity index (χ3n) is 2.33. The summed E-state index contributed by atoms with van der Waals surface area (Å²) in [5.74, 6) is 4.17. The molecular formula is C14H19NO2. The highest BCUT2D eigenvalue weighted by Crippen LogP contribution is 2.30. The Kier molecular flexibility index (Phi) is 5.98. The number of ether oxygens (including phenoxy) is 2. The molecule has 3 heteroatoms. The predicted octanol–water partition coefficient (Wildman–Crippen LogP) is 2.21. The fourth-order valence-corrected chi connectivity index (χ4v) is 1.58. The molecule has 0 unspecified atom stereocenters. The molecule has 0 radical (unpaired) electrons. The molecule has 0 aromatic heterocycles. The van der Waals surface area contributed by atoms with E-state index in [4.69, 9.17) is 15.9 Å². The summed E-state index contributed by atoms with van der Waals surface area (Å²) in [7, 11) is 1.66. The van der Waals surface area contributed by atoms with E-state index < -0.39 is 0 Å². The largest absolute Gasteiger partial charge is 0.493 e. The van der Waals surface area contributed by atoms with Crippen molar-refractivity contribution in [3.8, 4) is 23.8 Å². The molecule has 0 aliphatic heterocycles. The van der Waals surface area contributed by atoms with E-state index in [1.165, 1.54) is 0 Å². The lowest BCUT2D eigenvalue weighted by atomic mass is 10.2. The van der Waals surface area contributed by atoms with Gasteiger partial charge in [-0.2, -0.15) is 0 Å². The Morgan fingerprint density at radius 3 is 2.88 bits per heavy atom. The molecule has 1 rings (SSSR count). The lowest BCUT2D eigenvalue weighted by Crippen LogP contribution is -2.15. The fourth-order valence-electron chi connectivity index (χ4n) is 1.58. The van der Waals surface area contributed by atoms with Gasteiger partial charge in [0.05, 0.1) is 13.7 Å². The molecule has 17 heavy (non-hydrogen) atoms. The fraction of sp³-hybridized carbons (Fsp3) is 0.429. The number of hydrogen-bond acceptors (Lipinski definition) is 3. The van der Waals surface area contributed by atoms with Crippen LogP contribution in [-0.4, -0.2) is 20.3 Å². The minimum Gasteiger partial charge on any atom is -0.493 e. The van der Waals surface area contributed by atoms with Gasteiger partial charge in [-0.25, -0.2) is 0 Å². The topological polar surface area (TPSA) is 30.5 Å². The number of nitrogens with one attached hydrogen (secondary N) is 1. The molecule has 1 aromatic carbocycles. The van der Waals surface area contributed by atoms with Crippen molar-refractivity contribution in [3.63, 3.8) is 0 Å². The zero-order valence-corrected chi connectivity index (χ0v) is 10.5. The first-order valence-electron chi connectivity index (χ1n) is 5.76. The summed E-state index contributed by atoms with van der Waals surface area (Å²) in [4.78, 5) is 0. The number of methoxy groups -OCH3 is 1. The Morgan fingerprint density at radius 1 is 1.41 bits per heavy atom. The molecule has 0 heterocycles. The summed E-state index contributed by atoms with van der Waals surface area (Å²) >= 11 is 0. The maximum atomic E-state index is 5.51. The number of terminal acetylenes is 1. The van der Waals surface area contributed by atoms with E-state index in [1.54, 1.807) is 7.11 Å². The Labute approximate surface area is 103 Å². The van der Waals surface area contributed by atoms with Crippen molar-refractivity contribution in [2.45, 2.75) is 19.9 Å². The van der Waals surface area contributed by atoms with Crippen LogP contribution in [0.1, 0.15) is 18.9 Å². The second-order valence-corrected chi connectivity index (χ2v) is 3.51. The zero-order valence-electron chi connectivity index (χ0n) is 10.5. The minimum absolute atomic E-state index is 0.629. The molecule has 1 N–H and O–H groups in total. The summed E-state index contributed by atoms with van der Waals surface area (Å²) in [5, 5.41) is 3.27. The molecule has 0 atom stereocenters. The van der Waals surface area contributed by atoms with Crippen molar-refractivity contribution in [2.24, 2.45) is 0 Å². The average molecular weight is 233 g/mol. The van der Waals surface area contributed by atoms with E-state index in [9.17, 15) is 0 Å². The van der Waals surface area contributed by atoms with Crippen LogP contribution >= 0.6 is 0 Å². The van der Waals surface area contributed by atoms with Crippen LogP contribution in [0.25, 0.3) is 0 Å². The van der Waals surface area contributed by atoms with E-state index in [1.807, 2.05) is 25.1 Å². The quantitative estimate of drug-likeness (QED) is 0.578. The normalized spacial score (nSPS) is 9.71. The van der Waals surface area contributed by atoms with Crippen molar-refractivity contribution in [1.82, 2.24) is 5.32 Å². The smallest absolute Gasteiger partial charge is 0.165 e. The molecule has 0 fully saturated rings. The van der Waals surface area contributed by atoms with Gasteiger partial charge in [0, 0.05) is 25.1 Å². The van der Waals surface area contributed by atoms with Gasteiger partial charge in [-0.15, -0.1) is 12.3 Å². The predicted molar refractivity (Wildman–Crippen MR) is 69.3 cm³/mol. The first kappa shape index (κ1) is 13.4. The lowest BCUT2D eigenvalue weighted by molar-refractivity contribution is 0.308. The molecule has 0 aliphatic carbocycles. The van der Waals surface area contributed by atoms with Crippen LogP contribution in [0.3, 0.4) is 0 Å². The summed E-state index contributed by atoms with van der Waals surface area (Å²) < 4.78 is 10.9. The van der Waals surface area contributed by atoms with Gasteiger partial charge in [-0.3, -0.25) is 0 Å². The standard InChI is InChI=1S/C14H19NO2/c1-4-6-10-15-11-12-8-7-9-13(17-5-2)14(12)16-3/h1,7-9,15H,5-6,10-11H2,2-3H3. The van der Waals surface area contributed by atoms with Crippen molar-refractivity contribution in [2.75, 3.05) is 20.3 Å². The molecular weight excluding hydrogens is 214 g/mol. The lowest BCUT2D eigenvalue weighted by Gasteiger charge is -2.13. The van der Waals surface area contributed by atoms with Gasteiger partial charge in [0.1, 0.15) is 0 Å². The second-order valence-electron chi connectivity index (χ2n) is 3.51. The van der Waals surface area contributed by atoms with Gasteiger partial charge in [-0.05, 0) is 13.0 Å². The van der Waals surface area contributed by atoms with Gasteiger partial charge < -0.3 is 14.8 Å². The summed E-state index contributed by atoms with van der Waals surface area (Å²) in [6.45, 7) is 4.12. The van der Waals surface area contributed by atoms with E-state index in [0.717, 1.165) is 36.6 Å². The Bertz CT molecular complexity index is 382. The van der Waals surface area contributed by atoms with E-state index in [0.29, 0.717) is 6.61 Å². The van der Waals surface area contributed by atoms with Crippen LogP contribution in [0.2, 0.25) is 0 Å². The zero-order chi connectivity index (χ0) is 12.5. The molecule has 0 saturated heterocycles. The summed E-state index contributed by atoms with van der Waals surface area (Å²) in [5.41, 5.74) is 1.08. The molecule has 0 aliphatic rings. The SMILES string of the molecule is C#CCCNCc1cccc(OCC)c1OC. The van der Waals surface area contributed by atoms with Crippen LogP contribution < -0.4 is 14.8 Å². The highest BCUT2D eigenvalue weighted by Gasteiger charge is 2.08. The van der Waals surface area contributed by atoms with E-state index in [2.05, 4.69) is 11.2 Å². The number of hydrogen-bond donors (Lipinski definition) is 1. The van der Waals surface area contributed by atoms with Crippen LogP contribution in [0.4, 0.5) is 0 Å². The van der Waals surface area contributed by atoms with Crippen LogP contribution in [0, 0.1) is 12.3 Å². The highest BCUT2D eigenvalue weighted by atomic mass is 16.5. The Balaban J connectivity index is 2.70. The van der Waals surface area contributed by atoms with Crippen molar-refractivity contribution in [3.05, 3.63) is 23.8 Å². The van der Waals surface area contributed by atoms with Gasteiger partial charge in [-0.1, -0.05) is 12.1 Å². The van der Waals surface area contributed by atoms with Crippen LogP contribution in [-0.2, 0) is 6.54 Å². The van der Waals surface area contributed by atoms with Gasteiger partial charge in [0.25, 0.3) is 0 Å². The Morgan fingerprint density at radius 2 is 2.24 bits per heavy atom. The third-order valence-corrected chi connectivity index (χ3v) is 2.33. The van der Waals surface area contributed by atoms with Crippen LogP contribution in [0.15, 0.2) is 18.2 Å². The van der Waals surface area contributed by atoms with Gasteiger partial charge in [0.2, 0.25) is 0 Å². The number of rotatable bonds is 7. The summed E-state index contributed by atoms with van der Waals surface area (Å²) in [6.07, 6.45) is 5.92. The molecule has 1 aromatic rings. The maximum absolute atomic E-state index is 5.51. The Hall–Kier alpha value is -1.66. The third kappa shape index (κ3) is 4.01.